The van der Waals surface area contributed by atoms with Crippen LogP contribution in [0.5, 0.6) is 0 Å². The van der Waals surface area contributed by atoms with Crippen LogP contribution < -0.4 is 5.32 Å². The van der Waals surface area contributed by atoms with Crippen LogP contribution in [0.1, 0.15) is 24.2 Å². The summed E-state index contributed by atoms with van der Waals surface area (Å²) in [5.74, 6) is -0.324. The molecule has 0 saturated heterocycles. The van der Waals surface area contributed by atoms with Crippen LogP contribution in [0.4, 0.5) is 4.39 Å². The van der Waals surface area contributed by atoms with Gasteiger partial charge >= 0.3 is 0 Å². The third-order valence-corrected chi connectivity index (χ3v) is 2.47. The molecule has 2 aromatic rings. The van der Waals surface area contributed by atoms with E-state index in [-0.39, 0.29) is 11.9 Å². The lowest BCUT2D eigenvalue weighted by atomic mass is 10.1. The van der Waals surface area contributed by atoms with Gasteiger partial charge in [-0.05, 0) is 30.3 Å². The second kappa shape index (κ2) is 5.50. The summed E-state index contributed by atoms with van der Waals surface area (Å²) in [4.78, 5) is 8.20. The zero-order valence-corrected chi connectivity index (χ0v) is 9.60. The zero-order chi connectivity index (χ0) is 12.1. The summed E-state index contributed by atoms with van der Waals surface area (Å²) < 4.78 is 12.8. The molecule has 2 rings (SSSR count). The van der Waals surface area contributed by atoms with Crippen molar-refractivity contribution < 1.29 is 4.39 Å². The lowest BCUT2D eigenvalue weighted by molar-refractivity contribution is 0.593. The van der Waals surface area contributed by atoms with Gasteiger partial charge in [-0.25, -0.2) is 4.39 Å². The fourth-order valence-electron chi connectivity index (χ4n) is 1.70. The smallest absolute Gasteiger partial charge is 0.141 e. The van der Waals surface area contributed by atoms with Crippen molar-refractivity contribution in [2.75, 3.05) is 6.54 Å². The maximum atomic E-state index is 12.8. The van der Waals surface area contributed by atoms with E-state index in [0.29, 0.717) is 0 Å². The molecular weight excluding hydrogens is 217 g/mol. The molecule has 88 valence electrons. The number of nitrogens with zero attached hydrogens (tertiary/aromatic N) is 2. The van der Waals surface area contributed by atoms with Gasteiger partial charge in [0.05, 0.1) is 17.9 Å². The first kappa shape index (κ1) is 11.7. The average Bonchev–Trinajstić information content (AvgIpc) is 2.38. The van der Waals surface area contributed by atoms with E-state index in [4.69, 9.17) is 0 Å². The van der Waals surface area contributed by atoms with E-state index in [1.54, 1.807) is 18.5 Å². The van der Waals surface area contributed by atoms with E-state index in [0.717, 1.165) is 17.8 Å². The molecule has 0 aliphatic rings. The van der Waals surface area contributed by atoms with Crippen LogP contribution in [0.15, 0.2) is 42.9 Å². The Bertz CT molecular complexity index is 456. The first-order chi connectivity index (χ1) is 8.31. The van der Waals surface area contributed by atoms with Crippen LogP contribution in [0.25, 0.3) is 0 Å². The molecule has 4 heteroatoms. The summed E-state index contributed by atoms with van der Waals surface area (Å²) in [5, 5.41) is 3.31. The Kier molecular flexibility index (Phi) is 3.77. The average molecular weight is 231 g/mol. The van der Waals surface area contributed by atoms with Crippen molar-refractivity contribution in [1.29, 1.82) is 0 Å². The number of hydrogen-bond donors (Lipinski definition) is 1. The van der Waals surface area contributed by atoms with Crippen molar-refractivity contribution in [3.05, 3.63) is 59.9 Å². The fourth-order valence-corrected chi connectivity index (χ4v) is 1.70. The van der Waals surface area contributed by atoms with E-state index >= 15 is 0 Å². The zero-order valence-electron chi connectivity index (χ0n) is 9.60. The lowest BCUT2D eigenvalue weighted by Gasteiger charge is -2.17. The highest BCUT2D eigenvalue weighted by Gasteiger charge is 2.14. The molecule has 0 amide bonds. The third-order valence-electron chi connectivity index (χ3n) is 2.47. The van der Waals surface area contributed by atoms with Gasteiger partial charge in [-0.1, -0.05) is 13.0 Å². The van der Waals surface area contributed by atoms with Gasteiger partial charge < -0.3 is 5.32 Å². The molecule has 2 heterocycles. The molecule has 0 fully saturated rings. The van der Waals surface area contributed by atoms with E-state index < -0.39 is 0 Å². The van der Waals surface area contributed by atoms with Gasteiger partial charge in [0.2, 0.25) is 0 Å². The van der Waals surface area contributed by atoms with Crippen molar-refractivity contribution in [1.82, 2.24) is 15.3 Å². The van der Waals surface area contributed by atoms with Gasteiger partial charge in [0.1, 0.15) is 5.82 Å². The normalized spacial score (nSPS) is 12.4. The summed E-state index contributed by atoms with van der Waals surface area (Å²) >= 11 is 0. The molecule has 0 radical (unpaired) electrons. The molecule has 1 unspecified atom stereocenters. The highest BCUT2D eigenvalue weighted by molar-refractivity contribution is 5.25. The molecule has 1 N–H and O–H groups in total. The van der Waals surface area contributed by atoms with E-state index in [9.17, 15) is 4.39 Å². The van der Waals surface area contributed by atoms with Gasteiger partial charge in [-0.15, -0.1) is 0 Å². The van der Waals surface area contributed by atoms with Gasteiger partial charge in [0.15, 0.2) is 0 Å². The van der Waals surface area contributed by atoms with Crippen LogP contribution in [-0.2, 0) is 0 Å². The van der Waals surface area contributed by atoms with Crippen LogP contribution in [0.2, 0.25) is 0 Å². The summed E-state index contributed by atoms with van der Waals surface area (Å²) in [6, 6.07) is 6.92. The molecule has 17 heavy (non-hydrogen) atoms. The standard InChI is InChI=1S/C13H14FN3/c1-2-16-13(10-4-3-7-15-8-10)12-6-5-11(14)9-17-12/h3-9,13,16H,2H2,1H3. The highest BCUT2D eigenvalue weighted by atomic mass is 19.1. The van der Waals surface area contributed by atoms with Crippen molar-refractivity contribution in [3.8, 4) is 0 Å². The minimum atomic E-state index is -0.324. The van der Waals surface area contributed by atoms with Gasteiger partial charge in [0.25, 0.3) is 0 Å². The molecule has 0 saturated carbocycles. The molecule has 0 aromatic carbocycles. The Labute approximate surface area is 99.7 Å². The van der Waals surface area contributed by atoms with Crippen LogP contribution in [-0.4, -0.2) is 16.5 Å². The molecule has 1 atom stereocenters. The minimum absolute atomic E-state index is 0.0469. The summed E-state index contributed by atoms with van der Waals surface area (Å²) in [6.07, 6.45) is 4.75. The summed E-state index contributed by atoms with van der Waals surface area (Å²) in [7, 11) is 0. The maximum Gasteiger partial charge on any atom is 0.141 e. The number of nitrogens with one attached hydrogen (secondary N) is 1. The maximum absolute atomic E-state index is 12.8. The summed E-state index contributed by atoms with van der Waals surface area (Å²) in [6.45, 7) is 2.82. The molecule has 3 nitrogen and oxygen atoms in total. The first-order valence-corrected chi connectivity index (χ1v) is 5.56. The number of rotatable bonds is 4. The second-order valence-corrected chi connectivity index (χ2v) is 3.68. The predicted octanol–water partition coefficient (Wildman–Crippen LogP) is 2.31. The number of aromatic nitrogens is 2. The van der Waals surface area contributed by atoms with Gasteiger partial charge in [0, 0.05) is 12.4 Å². The fraction of sp³-hybridized carbons (Fsp3) is 0.231. The largest absolute Gasteiger partial charge is 0.305 e. The van der Waals surface area contributed by atoms with Crippen molar-refractivity contribution >= 4 is 0 Å². The van der Waals surface area contributed by atoms with E-state index in [2.05, 4.69) is 15.3 Å². The van der Waals surface area contributed by atoms with Gasteiger partial charge in [-0.3, -0.25) is 9.97 Å². The van der Waals surface area contributed by atoms with Crippen LogP contribution >= 0.6 is 0 Å². The molecule has 0 aliphatic carbocycles. The molecule has 2 aromatic heterocycles. The van der Waals surface area contributed by atoms with Crippen LogP contribution in [0.3, 0.4) is 0 Å². The number of halogens is 1. The van der Waals surface area contributed by atoms with Crippen molar-refractivity contribution in [3.63, 3.8) is 0 Å². The number of hydrogen-bond acceptors (Lipinski definition) is 3. The lowest BCUT2D eigenvalue weighted by Crippen LogP contribution is -2.23. The Morgan fingerprint density at radius 3 is 2.76 bits per heavy atom. The van der Waals surface area contributed by atoms with Crippen LogP contribution in [0, 0.1) is 5.82 Å². The minimum Gasteiger partial charge on any atom is -0.305 e. The Hall–Kier alpha value is -1.81. The van der Waals surface area contributed by atoms with E-state index in [1.807, 2.05) is 19.1 Å². The third kappa shape index (κ3) is 2.85. The SMILES string of the molecule is CCNC(c1cccnc1)c1ccc(F)cn1. The molecule has 0 spiro atoms. The second-order valence-electron chi connectivity index (χ2n) is 3.68. The first-order valence-electron chi connectivity index (χ1n) is 5.56. The van der Waals surface area contributed by atoms with Crippen molar-refractivity contribution in [2.45, 2.75) is 13.0 Å². The number of pyridine rings is 2. The molecule has 0 aliphatic heterocycles. The Morgan fingerprint density at radius 2 is 2.18 bits per heavy atom. The Morgan fingerprint density at radius 1 is 1.29 bits per heavy atom. The molecule has 0 bridgehead atoms. The van der Waals surface area contributed by atoms with Gasteiger partial charge in [-0.2, -0.15) is 0 Å². The predicted molar refractivity (Wildman–Crippen MR) is 64.0 cm³/mol. The van der Waals surface area contributed by atoms with Crippen molar-refractivity contribution in [2.24, 2.45) is 0 Å². The Balaban J connectivity index is 2.32. The van der Waals surface area contributed by atoms with E-state index in [1.165, 1.54) is 12.3 Å². The monoisotopic (exact) mass is 231 g/mol. The quantitative estimate of drug-likeness (QED) is 0.877. The topological polar surface area (TPSA) is 37.8 Å². The molecular formula is C13H14FN3. The highest BCUT2D eigenvalue weighted by Crippen LogP contribution is 2.19. The summed E-state index contributed by atoms with van der Waals surface area (Å²) in [5.41, 5.74) is 1.81.